The van der Waals surface area contributed by atoms with E-state index in [0.29, 0.717) is 23.0 Å². The van der Waals surface area contributed by atoms with Crippen LogP contribution in [-0.2, 0) is 5.54 Å². The number of rotatable bonds is 5. The summed E-state index contributed by atoms with van der Waals surface area (Å²) in [5, 5.41) is 12.0. The monoisotopic (exact) mass is 368 g/mol. The van der Waals surface area contributed by atoms with E-state index in [1.807, 2.05) is 11.9 Å². The highest BCUT2D eigenvalue weighted by Crippen LogP contribution is 2.47. The molecule has 4 rings (SSSR count). The number of aromatic nitrogens is 4. The highest BCUT2D eigenvalue weighted by atomic mass is 19.1. The average Bonchev–Trinajstić information content (AvgIpc) is 3.13. The fourth-order valence-corrected chi connectivity index (χ4v) is 3.34. The van der Waals surface area contributed by atoms with Crippen LogP contribution in [0.4, 0.5) is 10.2 Å². The second-order valence-electron chi connectivity index (χ2n) is 6.50. The van der Waals surface area contributed by atoms with Crippen molar-refractivity contribution in [3.63, 3.8) is 0 Å². The molecular weight excluding hydrogens is 351 g/mol. The second kappa shape index (κ2) is 6.42. The van der Waals surface area contributed by atoms with Crippen LogP contribution in [0.25, 0.3) is 11.5 Å². The number of halogens is 1. The highest BCUT2D eigenvalue weighted by Gasteiger charge is 2.46. The normalized spacial score (nSPS) is 15.2. The molecule has 0 radical (unpaired) electrons. The molecule has 0 atom stereocenters. The third-order valence-corrected chi connectivity index (χ3v) is 5.03. The van der Waals surface area contributed by atoms with E-state index in [4.69, 9.17) is 10.3 Å². The lowest BCUT2D eigenvalue weighted by atomic mass is 9.72. The first-order chi connectivity index (χ1) is 13.0. The fourth-order valence-electron chi connectivity index (χ4n) is 3.34. The minimum Gasteiger partial charge on any atom is -0.364 e. The number of nitrogens with two attached hydrogens (primary N) is 1. The SMILES string of the molecule is CN(c1ccc(-c2cc(C(N)=O)no2)nn1)C1(c2ncccc2F)CCC1. The van der Waals surface area contributed by atoms with E-state index in [2.05, 4.69) is 20.3 Å². The molecule has 3 heterocycles. The van der Waals surface area contributed by atoms with Gasteiger partial charge in [-0.1, -0.05) is 5.16 Å². The smallest absolute Gasteiger partial charge is 0.270 e. The summed E-state index contributed by atoms with van der Waals surface area (Å²) in [7, 11) is 1.86. The number of amides is 1. The molecule has 3 aromatic rings. The van der Waals surface area contributed by atoms with E-state index in [-0.39, 0.29) is 11.5 Å². The van der Waals surface area contributed by atoms with E-state index in [1.54, 1.807) is 24.4 Å². The molecule has 0 aliphatic heterocycles. The average molecular weight is 368 g/mol. The number of hydrogen-bond donors (Lipinski definition) is 1. The van der Waals surface area contributed by atoms with Gasteiger partial charge < -0.3 is 15.2 Å². The molecular formula is C18H17FN6O2. The van der Waals surface area contributed by atoms with Crippen molar-refractivity contribution in [1.29, 1.82) is 0 Å². The van der Waals surface area contributed by atoms with Gasteiger partial charge in [0.05, 0.1) is 5.54 Å². The van der Waals surface area contributed by atoms with E-state index < -0.39 is 11.4 Å². The van der Waals surface area contributed by atoms with Gasteiger partial charge in [-0.05, 0) is 43.5 Å². The summed E-state index contributed by atoms with van der Waals surface area (Å²) >= 11 is 0. The Morgan fingerprint density at radius 3 is 2.67 bits per heavy atom. The van der Waals surface area contributed by atoms with Crippen molar-refractivity contribution >= 4 is 11.7 Å². The van der Waals surface area contributed by atoms with Crippen LogP contribution in [0, 0.1) is 5.82 Å². The number of primary amides is 1. The fraction of sp³-hybridized carbons (Fsp3) is 0.278. The van der Waals surface area contributed by atoms with E-state index in [1.165, 1.54) is 12.1 Å². The lowest BCUT2D eigenvalue weighted by Gasteiger charge is -2.48. The number of nitrogens with zero attached hydrogens (tertiary/aromatic N) is 5. The molecule has 0 aromatic carbocycles. The summed E-state index contributed by atoms with van der Waals surface area (Å²) in [6, 6.07) is 7.87. The maximum absolute atomic E-state index is 14.4. The van der Waals surface area contributed by atoms with Crippen LogP contribution in [-0.4, -0.2) is 33.3 Å². The van der Waals surface area contributed by atoms with Gasteiger partial charge in [-0.3, -0.25) is 9.78 Å². The molecule has 1 aliphatic rings. The number of pyridine rings is 1. The topological polar surface area (TPSA) is 111 Å². The summed E-state index contributed by atoms with van der Waals surface area (Å²) < 4.78 is 19.4. The van der Waals surface area contributed by atoms with Gasteiger partial charge in [-0.25, -0.2) is 4.39 Å². The van der Waals surface area contributed by atoms with E-state index >= 15 is 0 Å². The maximum Gasteiger partial charge on any atom is 0.270 e. The van der Waals surface area contributed by atoms with Gasteiger partial charge in [0, 0.05) is 19.3 Å². The van der Waals surface area contributed by atoms with Crippen LogP contribution >= 0.6 is 0 Å². The van der Waals surface area contributed by atoms with Crippen molar-refractivity contribution in [3.05, 3.63) is 53.7 Å². The largest absolute Gasteiger partial charge is 0.364 e. The minimum atomic E-state index is -0.682. The van der Waals surface area contributed by atoms with Crippen LogP contribution in [0.1, 0.15) is 35.4 Å². The molecule has 0 saturated heterocycles. The predicted molar refractivity (Wildman–Crippen MR) is 94.2 cm³/mol. The predicted octanol–water partition coefficient (Wildman–Crippen LogP) is 2.28. The highest BCUT2D eigenvalue weighted by molar-refractivity contribution is 5.91. The van der Waals surface area contributed by atoms with Crippen molar-refractivity contribution in [2.75, 3.05) is 11.9 Å². The van der Waals surface area contributed by atoms with Crippen molar-refractivity contribution in [2.24, 2.45) is 5.73 Å². The Kier molecular flexibility index (Phi) is 4.06. The van der Waals surface area contributed by atoms with Crippen LogP contribution in [0.5, 0.6) is 0 Å². The molecule has 1 amide bonds. The van der Waals surface area contributed by atoms with Crippen molar-refractivity contribution in [1.82, 2.24) is 20.3 Å². The van der Waals surface area contributed by atoms with Crippen molar-refractivity contribution < 1.29 is 13.7 Å². The van der Waals surface area contributed by atoms with Gasteiger partial charge >= 0.3 is 0 Å². The summed E-state index contributed by atoms with van der Waals surface area (Å²) in [4.78, 5) is 17.3. The van der Waals surface area contributed by atoms with Crippen LogP contribution < -0.4 is 10.6 Å². The van der Waals surface area contributed by atoms with Crippen LogP contribution in [0.15, 0.2) is 41.1 Å². The molecule has 0 unspecified atom stereocenters. The quantitative estimate of drug-likeness (QED) is 0.735. The number of carbonyl (C=O) groups excluding carboxylic acids is 1. The molecule has 0 bridgehead atoms. The first kappa shape index (κ1) is 17.1. The molecule has 1 fully saturated rings. The Morgan fingerprint density at radius 2 is 2.11 bits per heavy atom. The molecule has 8 nitrogen and oxygen atoms in total. The Balaban J connectivity index is 1.63. The molecule has 0 spiro atoms. The van der Waals surface area contributed by atoms with Gasteiger partial charge in [-0.2, -0.15) is 0 Å². The molecule has 1 saturated carbocycles. The number of carbonyl (C=O) groups is 1. The Labute approximate surface area is 154 Å². The number of anilines is 1. The van der Waals surface area contributed by atoms with Crippen molar-refractivity contribution in [2.45, 2.75) is 24.8 Å². The van der Waals surface area contributed by atoms with E-state index in [9.17, 15) is 9.18 Å². The Hall–Kier alpha value is -3.36. The summed E-state index contributed by atoms with van der Waals surface area (Å²) in [5.41, 5.74) is 5.49. The van der Waals surface area contributed by atoms with Gasteiger partial charge in [0.2, 0.25) is 0 Å². The molecule has 1 aliphatic carbocycles. The zero-order valence-corrected chi connectivity index (χ0v) is 14.6. The molecule has 27 heavy (non-hydrogen) atoms. The first-order valence-corrected chi connectivity index (χ1v) is 8.47. The summed E-state index contributed by atoms with van der Waals surface area (Å²) in [5.74, 6) is -0.134. The summed E-state index contributed by atoms with van der Waals surface area (Å²) in [6.45, 7) is 0. The third-order valence-electron chi connectivity index (χ3n) is 5.03. The first-order valence-electron chi connectivity index (χ1n) is 8.47. The van der Waals surface area contributed by atoms with Gasteiger partial charge in [0.1, 0.15) is 17.2 Å². The molecule has 2 N–H and O–H groups in total. The van der Waals surface area contributed by atoms with Crippen LogP contribution in [0.2, 0.25) is 0 Å². The Morgan fingerprint density at radius 1 is 1.30 bits per heavy atom. The van der Waals surface area contributed by atoms with Gasteiger partial charge in [-0.15, -0.1) is 10.2 Å². The lowest BCUT2D eigenvalue weighted by molar-refractivity contribution is 0.0991. The zero-order chi connectivity index (χ0) is 19.0. The standard InChI is InChI=1S/C18H17FN6O2/c1-25(18(7-3-8-18)16-11(19)4-2-9-21-16)15-6-5-12(22-23-15)14-10-13(17(20)26)24-27-14/h2,4-6,9-10H,3,7-8H2,1H3,(H2,20,26). The van der Waals surface area contributed by atoms with Gasteiger partial charge in [0.25, 0.3) is 5.91 Å². The van der Waals surface area contributed by atoms with Crippen LogP contribution in [0.3, 0.4) is 0 Å². The molecule has 138 valence electrons. The third kappa shape index (κ3) is 2.80. The molecule has 9 heteroatoms. The van der Waals surface area contributed by atoms with Crippen molar-refractivity contribution in [3.8, 4) is 11.5 Å². The zero-order valence-electron chi connectivity index (χ0n) is 14.6. The Bertz CT molecular complexity index is 984. The summed E-state index contributed by atoms with van der Waals surface area (Å²) in [6.07, 6.45) is 4.15. The lowest BCUT2D eigenvalue weighted by Crippen LogP contribution is -2.51. The maximum atomic E-state index is 14.4. The van der Waals surface area contributed by atoms with E-state index in [0.717, 1.165) is 19.3 Å². The second-order valence-corrected chi connectivity index (χ2v) is 6.50. The minimum absolute atomic E-state index is 0.0204. The number of hydrogen-bond acceptors (Lipinski definition) is 7. The van der Waals surface area contributed by atoms with Gasteiger partial charge in [0.15, 0.2) is 17.3 Å². The molecule has 3 aromatic heterocycles.